The van der Waals surface area contributed by atoms with Gasteiger partial charge in [0.15, 0.2) is 0 Å². The molecule has 114 valence electrons. The number of hydrogen-bond donors (Lipinski definition) is 3. The van der Waals surface area contributed by atoms with Crippen molar-refractivity contribution in [3.05, 3.63) is 23.8 Å². The van der Waals surface area contributed by atoms with Gasteiger partial charge in [-0.05, 0) is 37.5 Å². The SMILES string of the molecule is Cc1ccc(NC(=O)C2(C(=O)O)CC2)cc1NS(C)(=O)=O. The summed E-state index contributed by atoms with van der Waals surface area (Å²) in [6.07, 6.45) is 1.66. The highest BCUT2D eigenvalue weighted by Gasteiger charge is 2.57. The number of sulfonamides is 1. The summed E-state index contributed by atoms with van der Waals surface area (Å²) in [6, 6.07) is 4.70. The number of hydrogen-bond acceptors (Lipinski definition) is 4. The van der Waals surface area contributed by atoms with Crippen LogP contribution in [0.15, 0.2) is 18.2 Å². The standard InChI is InChI=1S/C13H16N2O5S/c1-8-3-4-9(7-10(8)15-21(2,19)20)14-11(16)13(5-6-13)12(17)18/h3-4,7,15H,5-6H2,1-2H3,(H,14,16)(H,17,18). The zero-order chi connectivity index (χ0) is 15.8. The third-order valence-electron chi connectivity index (χ3n) is 3.38. The van der Waals surface area contributed by atoms with E-state index in [-0.39, 0.29) is 0 Å². The average Bonchev–Trinajstić information content (AvgIpc) is 3.12. The molecule has 21 heavy (non-hydrogen) atoms. The van der Waals surface area contributed by atoms with Crippen LogP contribution < -0.4 is 10.0 Å². The first-order valence-corrected chi connectivity index (χ1v) is 8.16. The van der Waals surface area contributed by atoms with Crippen LogP contribution in [0.1, 0.15) is 18.4 Å². The molecular formula is C13H16N2O5S. The van der Waals surface area contributed by atoms with Gasteiger partial charge in [0.2, 0.25) is 15.9 Å². The molecule has 1 saturated carbocycles. The lowest BCUT2D eigenvalue weighted by Gasteiger charge is -2.13. The fraction of sp³-hybridized carbons (Fsp3) is 0.385. The first-order valence-electron chi connectivity index (χ1n) is 6.27. The van der Waals surface area contributed by atoms with Gasteiger partial charge in [-0.15, -0.1) is 0 Å². The molecule has 8 heteroatoms. The number of carbonyl (C=O) groups excluding carboxylic acids is 1. The van der Waals surface area contributed by atoms with E-state index >= 15 is 0 Å². The van der Waals surface area contributed by atoms with E-state index in [1.54, 1.807) is 19.1 Å². The number of amides is 1. The molecule has 0 aromatic heterocycles. The molecule has 0 unspecified atom stereocenters. The number of carboxylic acid groups (broad SMARTS) is 1. The van der Waals surface area contributed by atoms with Gasteiger partial charge in [0.1, 0.15) is 5.41 Å². The maximum absolute atomic E-state index is 12.0. The van der Waals surface area contributed by atoms with Gasteiger partial charge in [-0.2, -0.15) is 0 Å². The Bertz CT molecular complexity index is 707. The van der Waals surface area contributed by atoms with Crippen molar-refractivity contribution in [2.24, 2.45) is 5.41 Å². The lowest BCUT2D eigenvalue weighted by molar-refractivity contribution is -0.147. The molecule has 1 aliphatic carbocycles. The van der Waals surface area contributed by atoms with Crippen molar-refractivity contribution in [3.8, 4) is 0 Å². The Balaban J connectivity index is 2.20. The second-order valence-electron chi connectivity index (χ2n) is 5.25. The number of anilines is 2. The second-order valence-corrected chi connectivity index (χ2v) is 6.99. The summed E-state index contributed by atoms with van der Waals surface area (Å²) >= 11 is 0. The predicted octanol–water partition coefficient (Wildman–Crippen LogP) is 1.17. The Kier molecular flexibility index (Phi) is 3.66. The van der Waals surface area contributed by atoms with Crippen LogP contribution in [0.25, 0.3) is 0 Å². The normalized spacial score (nSPS) is 16.1. The number of aryl methyl sites for hydroxylation is 1. The minimum Gasteiger partial charge on any atom is -0.480 e. The van der Waals surface area contributed by atoms with E-state index in [0.717, 1.165) is 6.26 Å². The number of aliphatic carboxylic acids is 1. The van der Waals surface area contributed by atoms with Crippen LogP contribution in [0, 0.1) is 12.3 Å². The summed E-state index contributed by atoms with van der Waals surface area (Å²) < 4.78 is 24.9. The summed E-state index contributed by atoms with van der Waals surface area (Å²) in [5.74, 6) is -1.72. The van der Waals surface area contributed by atoms with E-state index in [2.05, 4.69) is 10.0 Å². The van der Waals surface area contributed by atoms with Crippen molar-refractivity contribution in [2.45, 2.75) is 19.8 Å². The summed E-state index contributed by atoms with van der Waals surface area (Å²) in [4.78, 5) is 23.1. The van der Waals surface area contributed by atoms with E-state index in [9.17, 15) is 18.0 Å². The van der Waals surface area contributed by atoms with Gasteiger partial charge in [-0.1, -0.05) is 6.07 Å². The fourth-order valence-electron chi connectivity index (χ4n) is 1.92. The van der Waals surface area contributed by atoms with Crippen LogP contribution in [0.4, 0.5) is 11.4 Å². The molecule has 0 bridgehead atoms. The molecule has 0 heterocycles. The third-order valence-corrected chi connectivity index (χ3v) is 3.98. The van der Waals surface area contributed by atoms with Gasteiger partial charge >= 0.3 is 5.97 Å². The topological polar surface area (TPSA) is 113 Å². The maximum atomic E-state index is 12.0. The lowest BCUT2D eigenvalue weighted by Crippen LogP contribution is -2.31. The molecule has 2 rings (SSSR count). The molecule has 1 fully saturated rings. The lowest BCUT2D eigenvalue weighted by atomic mass is 10.1. The molecule has 7 nitrogen and oxygen atoms in total. The summed E-state index contributed by atoms with van der Waals surface area (Å²) in [6.45, 7) is 1.72. The molecule has 1 aromatic carbocycles. The van der Waals surface area contributed by atoms with Crippen LogP contribution in [-0.2, 0) is 19.6 Å². The Morgan fingerprint density at radius 3 is 2.38 bits per heavy atom. The number of benzene rings is 1. The van der Waals surface area contributed by atoms with Crippen molar-refractivity contribution in [1.82, 2.24) is 0 Å². The Labute approximate surface area is 122 Å². The van der Waals surface area contributed by atoms with Crippen molar-refractivity contribution in [3.63, 3.8) is 0 Å². The van der Waals surface area contributed by atoms with Crippen molar-refractivity contribution in [2.75, 3.05) is 16.3 Å². The van der Waals surface area contributed by atoms with E-state index in [1.165, 1.54) is 6.07 Å². The molecule has 1 amide bonds. The van der Waals surface area contributed by atoms with Crippen LogP contribution >= 0.6 is 0 Å². The molecule has 3 N–H and O–H groups in total. The minimum atomic E-state index is -3.43. The number of carboxylic acids is 1. The van der Waals surface area contributed by atoms with E-state index in [1.807, 2.05) is 0 Å². The zero-order valence-electron chi connectivity index (χ0n) is 11.6. The van der Waals surface area contributed by atoms with Gasteiger partial charge in [0, 0.05) is 5.69 Å². The summed E-state index contributed by atoms with van der Waals surface area (Å²) in [7, 11) is -3.43. The van der Waals surface area contributed by atoms with Gasteiger partial charge in [0.05, 0.1) is 11.9 Å². The molecule has 1 aliphatic rings. The molecule has 1 aromatic rings. The highest BCUT2D eigenvalue weighted by atomic mass is 32.2. The smallest absolute Gasteiger partial charge is 0.319 e. The molecule has 0 saturated heterocycles. The monoisotopic (exact) mass is 312 g/mol. The van der Waals surface area contributed by atoms with E-state index in [4.69, 9.17) is 5.11 Å². The van der Waals surface area contributed by atoms with E-state index < -0.39 is 27.3 Å². The predicted molar refractivity (Wildman–Crippen MR) is 77.6 cm³/mol. The zero-order valence-corrected chi connectivity index (χ0v) is 12.5. The number of carbonyl (C=O) groups is 2. The first-order chi connectivity index (χ1) is 9.64. The largest absolute Gasteiger partial charge is 0.480 e. The molecule has 0 atom stereocenters. The van der Waals surface area contributed by atoms with Crippen molar-refractivity contribution in [1.29, 1.82) is 0 Å². The molecular weight excluding hydrogens is 296 g/mol. The Hall–Kier alpha value is -2.09. The van der Waals surface area contributed by atoms with Crippen molar-refractivity contribution < 1.29 is 23.1 Å². The van der Waals surface area contributed by atoms with Crippen LogP contribution in [0.5, 0.6) is 0 Å². The van der Waals surface area contributed by atoms with Gasteiger partial charge in [-0.3, -0.25) is 14.3 Å². The van der Waals surface area contributed by atoms with Crippen molar-refractivity contribution >= 4 is 33.3 Å². The highest BCUT2D eigenvalue weighted by molar-refractivity contribution is 7.92. The maximum Gasteiger partial charge on any atom is 0.319 e. The van der Waals surface area contributed by atoms with Crippen LogP contribution in [-0.4, -0.2) is 31.7 Å². The highest BCUT2D eigenvalue weighted by Crippen LogP contribution is 2.46. The van der Waals surface area contributed by atoms with Crippen LogP contribution in [0.2, 0.25) is 0 Å². The average molecular weight is 312 g/mol. The summed E-state index contributed by atoms with van der Waals surface area (Å²) in [5, 5.41) is 11.6. The van der Waals surface area contributed by atoms with Gasteiger partial charge < -0.3 is 10.4 Å². The molecule has 0 spiro atoms. The number of nitrogens with one attached hydrogen (secondary N) is 2. The Morgan fingerprint density at radius 1 is 1.29 bits per heavy atom. The van der Waals surface area contributed by atoms with Gasteiger partial charge in [-0.25, -0.2) is 8.42 Å². The summed E-state index contributed by atoms with van der Waals surface area (Å²) in [5.41, 5.74) is 0.0486. The molecule has 0 aliphatic heterocycles. The van der Waals surface area contributed by atoms with Gasteiger partial charge in [0.25, 0.3) is 0 Å². The Morgan fingerprint density at radius 2 is 1.90 bits per heavy atom. The van der Waals surface area contributed by atoms with Crippen LogP contribution in [0.3, 0.4) is 0 Å². The number of rotatable bonds is 5. The fourth-order valence-corrected chi connectivity index (χ4v) is 2.54. The molecule has 0 radical (unpaired) electrons. The van der Waals surface area contributed by atoms with E-state index in [0.29, 0.717) is 29.8 Å². The first kappa shape index (κ1) is 15.3. The quantitative estimate of drug-likeness (QED) is 0.706. The second kappa shape index (κ2) is 5.03. The minimum absolute atomic E-state index is 0.314. The third kappa shape index (κ3) is 3.33.